The molecular weight excluding hydrogens is 300 g/mol. The van der Waals surface area contributed by atoms with E-state index < -0.39 is 5.41 Å². The number of carbonyl (C=O) groups is 2. The minimum atomic E-state index is -0.518. The zero-order valence-electron chi connectivity index (χ0n) is 14.4. The molecule has 1 N–H and O–H groups in total. The first-order valence-corrected chi connectivity index (χ1v) is 9.00. The number of carbonyl (C=O) groups excluding carboxylic acids is 2. The SMILES string of the molecule is CCCNC(=O)C12CCCC=C1N(Cc1ccccc1)C(=O)CC2. The lowest BCUT2D eigenvalue weighted by atomic mass is 9.69. The second kappa shape index (κ2) is 7.20. The fourth-order valence-electron chi connectivity index (χ4n) is 3.87. The Morgan fingerprint density at radius 1 is 1.25 bits per heavy atom. The molecule has 2 amide bonds. The molecular formula is C20H26N2O2. The molecule has 4 nitrogen and oxygen atoms in total. The molecule has 0 bridgehead atoms. The van der Waals surface area contributed by atoms with Gasteiger partial charge in [-0.1, -0.05) is 43.3 Å². The summed E-state index contributed by atoms with van der Waals surface area (Å²) in [4.78, 5) is 27.4. The summed E-state index contributed by atoms with van der Waals surface area (Å²) in [6, 6.07) is 10.0. The topological polar surface area (TPSA) is 49.4 Å². The molecule has 24 heavy (non-hydrogen) atoms. The number of nitrogens with zero attached hydrogens (tertiary/aromatic N) is 1. The van der Waals surface area contributed by atoms with Gasteiger partial charge in [0, 0.05) is 18.7 Å². The van der Waals surface area contributed by atoms with Crippen molar-refractivity contribution >= 4 is 11.8 Å². The minimum Gasteiger partial charge on any atom is -0.355 e. The summed E-state index contributed by atoms with van der Waals surface area (Å²) in [6.07, 6.45) is 6.92. The first-order chi connectivity index (χ1) is 11.7. The molecule has 0 radical (unpaired) electrons. The van der Waals surface area contributed by atoms with Gasteiger partial charge in [-0.25, -0.2) is 0 Å². The molecule has 1 saturated heterocycles. The molecule has 1 aromatic carbocycles. The lowest BCUT2D eigenvalue weighted by Crippen LogP contribution is -2.52. The third kappa shape index (κ3) is 3.10. The summed E-state index contributed by atoms with van der Waals surface area (Å²) >= 11 is 0. The number of piperidine rings is 1. The summed E-state index contributed by atoms with van der Waals surface area (Å²) in [6.45, 7) is 3.30. The third-order valence-corrected chi connectivity index (χ3v) is 5.15. The molecule has 2 aliphatic rings. The Kier molecular flexibility index (Phi) is 5.03. The number of benzene rings is 1. The number of hydrogen-bond donors (Lipinski definition) is 1. The van der Waals surface area contributed by atoms with E-state index >= 15 is 0 Å². The van der Waals surface area contributed by atoms with Gasteiger partial charge in [-0.05, 0) is 37.7 Å². The van der Waals surface area contributed by atoms with E-state index in [1.54, 1.807) is 0 Å². The molecule has 0 spiro atoms. The van der Waals surface area contributed by atoms with E-state index in [0.29, 0.717) is 25.9 Å². The van der Waals surface area contributed by atoms with Crippen molar-refractivity contribution in [1.82, 2.24) is 10.2 Å². The zero-order chi connectivity index (χ0) is 17.0. The summed E-state index contributed by atoms with van der Waals surface area (Å²) in [7, 11) is 0. The van der Waals surface area contributed by atoms with Crippen LogP contribution in [0.1, 0.15) is 51.0 Å². The number of fused-ring (bicyclic) bond motifs is 1. The largest absolute Gasteiger partial charge is 0.355 e. The minimum absolute atomic E-state index is 0.0980. The van der Waals surface area contributed by atoms with Crippen molar-refractivity contribution in [2.24, 2.45) is 5.41 Å². The Balaban J connectivity index is 1.90. The van der Waals surface area contributed by atoms with Gasteiger partial charge < -0.3 is 10.2 Å². The molecule has 1 atom stereocenters. The fraction of sp³-hybridized carbons (Fsp3) is 0.500. The second-order valence-corrected chi connectivity index (χ2v) is 6.79. The monoisotopic (exact) mass is 326 g/mol. The summed E-state index contributed by atoms with van der Waals surface area (Å²) in [5.41, 5.74) is 1.51. The van der Waals surface area contributed by atoms with Crippen LogP contribution in [0.2, 0.25) is 0 Å². The van der Waals surface area contributed by atoms with Crippen molar-refractivity contribution in [2.75, 3.05) is 6.54 Å². The molecule has 0 aromatic heterocycles. The Morgan fingerprint density at radius 3 is 2.79 bits per heavy atom. The van der Waals surface area contributed by atoms with Crippen LogP contribution in [-0.4, -0.2) is 23.3 Å². The van der Waals surface area contributed by atoms with Crippen molar-refractivity contribution in [1.29, 1.82) is 0 Å². The summed E-state index contributed by atoms with van der Waals surface area (Å²) in [5, 5.41) is 3.07. The number of nitrogens with one attached hydrogen (secondary N) is 1. The molecule has 1 heterocycles. The number of hydrogen-bond acceptors (Lipinski definition) is 2. The molecule has 0 saturated carbocycles. The van der Waals surface area contributed by atoms with Crippen LogP contribution in [0.4, 0.5) is 0 Å². The lowest BCUT2D eigenvalue weighted by molar-refractivity contribution is -0.141. The van der Waals surface area contributed by atoms with Crippen LogP contribution >= 0.6 is 0 Å². The van der Waals surface area contributed by atoms with Gasteiger partial charge in [-0.2, -0.15) is 0 Å². The van der Waals surface area contributed by atoms with Crippen LogP contribution in [-0.2, 0) is 16.1 Å². The van der Waals surface area contributed by atoms with Gasteiger partial charge in [-0.15, -0.1) is 0 Å². The molecule has 1 aromatic rings. The highest BCUT2D eigenvalue weighted by Gasteiger charge is 2.49. The smallest absolute Gasteiger partial charge is 0.232 e. The first-order valence-electron chi connectivity index (χ1n) is 9.00. The van der Waals surface area contributed by atoms with E-state index in [4.69, 9.17) is 0 Å². The maximum atomic E-state index is 12.9. The van der Waals surface area contributed by atoms with Gasteiger partial charge in [0.25, 0.3) is 0 Å². The van der Waals surface area contributed by atoms with Crippen molar-refractivity contribution in [3.8, 4) is 0 Å². The fourth-order valence-corrected chi connectivity index (χ4v) is 3.87. The quantitative estimate of drug-likeness (QED) is 0.901. The van der Waals surface area contributed by atoms with E-state index in [0.717, 1.165) is 36.9 Å². The Morgan fingerprint density at radius 2 is 2.04 bits per heavy atom. The van der Waals surface area contributed by atoms with Crippen LogP contribution in [0.3, 0.4) is 0 Å². The van der Waals surface area contributed by atoms with Gasteiger partial charge in [0.15, 0.2) is 0 Å². The highest BCUT2D eigenvalue weighted by atomic mass is 16.2. The van der Waals surface area contributed by atoms with E-state index in [2.05, 4.69) is 18.3 Å². The molecule has 128 valence electrons. The lowest BCUT2D eigenvalue weighted by Gasteiger charge is -2.46. The van der Waals surface area contributed by atoms with Crippen molar-refractivity contribution < 1.29 is 9.59 Å². The second-order valence-electron chi connectivity index (χ2n) is 6.79. The maximum absolute atomic E-state index is 12.9. The van der Waals surface area contributed by atoms with E-state index in [-0.39, 0.29) is 11.8 Å². The van der Waals surface area contributed by atoms with Gasteiger partial charge in [0.1, 0.15) is 0 Å². The molecule has 1 unspecified atom stereocenters. The van der Waals surface area contributed by atoms with E-state index in [1.807, 2.05) is 35.2 Å². The van der Waals surface area contributed by atoms with Gasteiger partial charge >= 0.3 is 0 Å². The average molecular weight is 326 g/mol. The number of amides is 2. The molecule has 3 rings (SSSR count). The van der Waals surface area contributed by atoms with Gasteiger partial charge in [0.05, 0.1) is 12.0 Å². The molecule has 4 heteroatoms. The predicted molar refractivity (Wildman–Crippen MR) is 93.9 cm³/mol. The van der Waals surface area contributed by atoms with E-state index in [9.17, 15) is 9.59 Å². The summed E-state index contributed by atoms with van der Waals surface area (Å²) < 4.78 is 0. The normalized spacial score (nSPS) is 23.5. The van der Waals surface area contributed by atoms with Crippen LogP contribution < -0.4 is 5.32 Å². The average Bonchev–Trinajstić information content (AvgIpc) is 2.63. The highest BCUT2D eigenvalue weighted by Crippen LogP contribution is 2.47. The van der Waals surface area contributed by atoms with Gasteiger partial charge in [-0.3, -0.25) is 9.59 Å². The van der Waals surface area contributed by atoms with Crippen LogP contribution in [0, 0.1) is 5.41 Å². The molecule has 1 aliphatic carbocycles. The zero-order valence-corrected chi connectivity index (χ0v) is 14.4. The maximum Gasteiger partial charge on any atom is 0.232 e. The molecule has 1 aliphatic heterocycles. The molecule has 1 fully saturated rings. The van der Waals surface area contributed by atoms with E-state index in [1.165, 1.54) is 0 Å². The van der Waals surface area contributed by atoms with Crippen LogP contribution in [0.15, 0.2) is 42.1 Å². The Labute approximate surface area is 143 Å². The number of likely N-dealkylation sites (tertiary alicyclic amines) is 1. The van der Waals surface area contributed by atoms with Crippen molar-refractivity contribution in [3.05, 3.63) is 47.7 Å². The standard InChI is InChI=1S/C20H26N2O2/c1-2-14-21-19(24)20-12-7-6-10-17(20)22(18(23)11-13-20)15-16-8-4-3-5-9-16/h3-5,8-10H,2,6-7,11-15H2,1H3,(H,21,24). The summed E-state index contributed by atoms with van der Waals surface area (Å²) in [5.74, 6) is 0.229. The highest BCUT2D eigenvalue weighted by molar-refractivity contribution is 5.91. The van der Waals surface area contributed by atoms with Crippen LogP contribution in [0.25, 0.3) is 0 Å². The predicted octanol–water partition coefficient (Wildman–Crippen LogP) is 3.39. The number of rotatable bonds is 5. The van der Waals surface area contributed by atoms with Crippen LogP contribution in [0.5, 0.6) is 0 Å². The number of allylic oxidation sites excluding steroid dienone is 1. The third-order valence-electron chi connectivity index (χ3n) is 5.15. The van der Waals surface area contributed by atoms with Crippen molar-refractivity contribution in [2.45, 2.75) is 52.0 Å². The van der Waals surface area contributed by atoms with Crippen molar-refractivity contribution in [3.63, 3.8) is 0 Å². The Hall–Kier alpha value is -2.10. The first kappa shape index (κ1) is 16.7. The Bertz CT molecular complexity index is 638. The van der Waals surface area contributed by atoms with Gasteiger partial charge in [0.2, 0.25) is 11.8 Å².